The average molecular weight is 360 g/mol. The first kappa shape index (κ1) is 17.7. The molecule has 1 fully saturated rings. The molecule has 7 heteroatoms. The van der Waals surface area contributed by atoms with Gasteiger partial charge in [-0.25, -0.2) is 0 Å². The molecule has 0 spiro atoms. The molecule has 6 nitrogen and oxygen atoms in total. The van der Waals surface area contributed by atoms with E-state index in [1.165, 1.54) is 6.42 Å². The van der Waals surface area contributed by atoms with Gasteiger partial charge in [0.2, 0.25) is 5.91 Å². The van der Waals surface area contributed by atoms with E-state index in [0.717, 1.165) is 30.7 Å². The molecule has 1 aliphatic heterocycles. The van der Waals surface area contributed by atoms with E-state index >= 15 is 0 Å². The lowest BCUT2D eigenvalue weighted by Crippen LogP contribution is -2.43. The van der Waals surface area contributed by atoms with Crippen molar-refractivity contribution in [1.82, 2.24) is 19.7 Å². The number of ether oxygens (including phenoxy) is 1. The van der Waals surface area contributed by atoms with Gasteiger partial charge < -0.3 is 9.64 Å². The summed E-state index contributed by atoms with van der Waals surface area (Å²) in [5, 5.41) is 7.12. The molecule has 0 aliphatic carbocycles. The highest BCUT2D eigenvalue weighted by Crippen LogP contribution is 2.22. The highest BCUT2D eigenvalue weighted by molar-refractivity contribution is 7.71. The van der Waals surface area contributed by atoms with Crippen LogP contribution in [0.4, 0.5) is 0 Å². The Kier molecular flexibility index (Phi) is 5.53. The van der Waals surface area contributed by atoms with Crippen molar-refractivity contribution >= 4 is 18.1 Å². The molecule has 0 bridgehead atoms. The second-order valence-corrected chi connectivity index (χ2v) is 6.71. The van der Waals surface area contributed by atoms with Crippen molar-refractivity contribution in [2.24, 2.45) is 0 Å². The lowest BCUT2D eigenvalue weighted by molar-refractivity contribution is -0.135. The minimum Gasteiger partial charge on any atom is -0.494 e. The Labute approximate surface area is 152 Å². The van der Waals surface area contributed by atoms with Crippen LogP contribution in [0.2, 0.25) is 0 Å². The SMILES string of the molecule is CCOc1ccc(-c2n[nH]c(=S)n2CC(=O)N2CCCCC2C)cc1. The molecule has 1 aromatic carbocycles. The first-order chi connectivity index (χ1) is 12.1. The first-order valence-electron chi connectivity index (χ1n) is 8.78. The van der Waals surface area contributed by atoms with Crippen LogP contribution in [0.15, 0.2) is 24.3 Å². The minimum absolute atomic E-state index is 0.0943. The molecule has 1 N–H and O–H groups in total. The molecule has 25 heavy (non-hydrogen) atoms. The highest BCUT2D eigenvalue weighted by Gasteiger charge is 2.24. The Bertz CT molecular complexity index is 781. The van der Waals surface area contributed by atoms with E-state index in [1.807, 2.05) is 36.1 Å². The maximum Gasteiger partial charge on any atom is 0.242 e. The van der Waals surface area contributed by atoms with Gasteiger partial charge in [-0.05, 0) is 69.6 Å². The van der Waals surface area contributed by atoms with Crippen LogP contribution in [0, 0.1) is 4.77 Å². The second-order valence-electron chi connectivity index (χ2n) is 6.33. The van der Waals surface area contributed by atoms with Gasteiger partial charge in [0, 0.05) is 18.2 Å². The zero-order valence-electron chi connectivity index (χ0n) is 14.7. The van der Waals surface area contributed by atoms with Crippen LogP contribution in [-0.2, 0) is 11.3 Å². The predicted molar refractivity (Wildman–Crippen MR) is 99.0 cm³/mol. The van der Waals surface area contributed by atoms with E-state index in [-0.39, 0.29) is 18.5 Å². The molecule has 1 saturated heterocycles. The van der Waals surface area contributed by atoms with Gasteiger partial charge in [0.15, 0.2) is 10.6 Å². The number of rotatable bonds is 5. The zero-order valence-corrected chi connectivity index (χ0v) is 15.5. The lowest BCUT2D eigenvalue weighted by Gasteiger charge is -2.33. The van der Waals surface area contributed by atoms with Crippen LogP contribution in [0.5, 0.6) is 5.75 Å². The van der Waals surface area contributed by atoms with Crippen molar-refractivity contribution in [3.05, 3.63) is 29.0 Å². The summed E-state index contributed by atoms with van der Waals surface area (Å²) in [4.78, 5) is 14.7. The summed E-state index contributed by atoms with van der Waals surface area (Å²) in [5.41, 5.74) is 0.898. The van der Waals surface area contributed by atoms with Crippen LogP contribution < -0.4 is 4.74 Å². The van der Waals surface area contributed by atoms with Crippen LogP contribution in [0.1, 0.15) is 33.1 Å². The molecule has 2 aromatic rings. The van der Waals surface area contributed by atoms with Gasteiger partial charge in [0.1, 0.15) is 12.3 Å². The van der Waals surface area contributed by atoms with E-state index < -0.39 is 0 Å². The minimum atomic E-state index is 0.0943. The van der Waals surface area contributed by atoms with Gasteiger partial charge in [-0.3, -0.25) is 14.5 Å². The van der Waals surface area contributed by atoms with Crippen molar-refractivity contribution in [2.45, 2.75) is 45.7 Å². The number of likely N-dealkylation sites (tertiary alicyclic amines) is 1. The third-order valence-corrected chi connectivity index (χ3v) is 4.91. The first-order valence-corrected chi connectivity index (χ1v) is 9.19. The quantitative estimate of drug-likeness (QED) is 0.830. The van der Waals surface area contributed by atoms with Crippen LogP contribution >= 0.6 is 12.2 Å². The van der Waals surface area contributed by atoms with Crippen molar-refractivity contribution in [1.29, 1.82) is 0 Å². The molecule has 134 valence electrons. The fourth-order valence-electron chi connectivity index (χ4n) is 3.25. The van der Waals surface area contributed by atoms with Gasteiger partial charge in [-0.1, -0.05) is 0 Å². The van der Waals surface area contributed by atoms with E-state index in [9.17, 15) is 4.79 Å². The Morgan fingerprint density at radius 3 is 2.80 bits per heavy atom. The van der Waals surface area contributed by atoms with E-state index in [2.05, 4.69) is 17.1 Å². The summed E-state index contributed by atoms with van der Waals surface area (Å²) in [6, 6.07) is 7.95. The molecule has 0 radical (unpaired) electrons. The summed E-state index contributed by atoms with van der Waals surface area (Å²) < 4.78 is 7.70. The number of nitrogens with one attached hydrogen (secondary N) is 1. The summed E-state index contributed by atoms with van der Waals surface area (Å²) >= 11 is 5.34. The van der Waals surface area contributed by atoms with Gasteiger partial charge in [-0.2, -0.15) is 5.10 Å². The highest BCUT2D eigenvalue weighted by atomic mass is 32.1. The molecule has 2 heterocycles. The number of hydrogen-bond donors (Lipinski definition) is 1. The molecule has 0 saturated carbocycles. The maximum atomic E-state index is 12.7. The number of aromatic amines is 1. The fraction of sp³-hybridized carbons (Fsp3) is 0.500. The smallest absolute Gasteiger partial charge is 0.242 e. The number of amides is 1. The number of piperidine rings is 1. The van der Waals surface area contributed by atoms with Crippen LogP contribution in [0.25, 0.3) is 11.4 Å². The Morgan fingerprint density at radius 1 is 1.36 bits per heavy atom. The number of aromatic nitrogens is 3. The molecule has 3 rings (SSSR count). The Hall–Kier alpha value is -2.15. The van der Waals surface area contributed by atoms with Gasteiger partial charge in [0.25, 0.3) is 0 Å². The maximum absolute atomic E-state index is 12.7. The molecular formula is C18H24N4O2S. The van der Waals surface area contributed by atoms with E-state index in [1.54, 1.807) is 4.57 Å². The standard InChI is InChI=1S/C18H24N4O2S/c1-3-24-15-9-7-14(8-10-15)17-19-20-18(25)22(17)12-16(23)21-11-5-4-6-13(21)2/h7-10,13H,3-6,11-12H2,1-2H3,(H,20,25). The molecule has 1 aromatic heterocycles. The number of carbonyl (C=O) groups is 1. The summed E-state index contributed by atoms with van der Waals surface area (Å²) in [5.74, 6) is 1.58. The van der Waals surface area contributed by atoms with Crippen LogP contribution in [-0.4, -0.2) is 44.8 Å². The lowest BCUT2D eigenvalue weighted by atomic mass is 10.0. The molecule has 1 aliphatic rings. The van der Waals surface area contributed by atoms with E-state index in [0.29, 0.717) is 17.2 Å². The largest absolute Gasteiger partial charge is 0.494 e. The van der Waals surface area contributed by atoms with Crippen molar-refractivity contribution < 1.29 is 9.53 Å². The Balaban J connectivity index is 1.81. The summed E-state index contributed by atoms with van der Waals surface area (Å²) in [6.07, 6.45) is 3.32. The normalized spacial score (nSPS) is 17.5. The van der Waals surface area contributed by atoms with Gasteiger partial charge >= 0.3 is 0 Å². The third-order valence-electron chi connectivity index (χ3n) is 4.60. The third kappa shape index (κ3) is 3.92. The number of H-pyrrole nitrogens is 1. The fourth-order valence-corrected chi connectivity index (χ4v) is 3.44. The topological polar surface area (TPSA) is 63.1 Å². The summed E-state index contributed by atoms with van der Waals surface area (Å²) in [6.45, 7) is 5.72. The number of benzene rings is 1. The van der Waals surface area contributed by atoms with Crippen molar-refractivity contribution in [2.75, 3.05) is 13.2 Å². The predicted octanol–water partition coefficient (Wildman–Crippen LogP) is 3.41. The number of carbonyl (C=O) groups excluding carboxylic acids is 1. The van der Waals surface area contributed by atoms with Gasteiger partial charge in [0.05, 0.1) is 6.61 Å². The average Bonchev–Trinajstić information content (AvgIpc) is 2.97. The molecular weight excluding hydrogens is 336 g/mol. The van der Waals surface area contributed by atoms with Crippen LogP contribution in [0.3, 0.4) is 0 Å². The Morgan fingerprint density at radius 2 is 2.12 bits per heavy atom. The van der Waals surface area contributed by atoms with Crippen molar-refractivity contribution in [3.8, 4) is 17.1 Å². The molecule has 1 atom stereocenters. The molecule has 1 unspecified atom stereocenters. The van der Waals surface area contributed by atoms with E-state index in [4.69, 9.17) is 17.0 Å². The van der Waals surface area contributed by atoms with Crippen molar-refractivity contribution in [3.63, 3.8) is 0 Å². The van der Waals surface area contributed by atoms with Gasteiger partial charge in [-0.15, -0.1) is 0 Å². The number of hydrogen-bond acceptors (Lipinski definition) is 4. The molecule has 1 amide bonds. The summed E-state index contributed by atoms with van der Waals surface area (Å²) in [7, 11) is 0. The number of nitrogens with zero attached hydrogens (tertiary/aromatic N) is 3. The second kappa shape index (κ2) is 7.82. The zero-order chi connectivity index (χ0) is 17.8. The monoisotopic (exact) mass is 360 g/mol.